The van der Waals surface area contributed by atoms with Crippen LogP contribution >= 0.6 is 0 Å². The molecule has 0 atom stereocenters. The summed E-state index contributed by atoms with van der Waals surface area (Å²) in [5.74, 6) is 0.148. The normalized spacial score (nSPS) is 11.5. The van der Waals surface area contributed by atoms with Gasteiger partial charge in [-0.15, -0.1) is 0 Å². The van der Waals surface area contributed by atoms with Crippen molar-refractivity contribution in [3.8, 4) is 11.3 Å². The third kappa shape index (κ3) is 3.52. The molecular formula is C17H13F3N4O. The highest BCUT2D eigenvalue weighted by Crippen LogP contribution is 2.30. The Hall–Kier alpha value is -3.16. The predicted octanol–water partition coefficient (Wildman–Crippen LogP) is 3.22. The topological polar surface area (TPSA) is 59.3 Å². The summed E-state index contributed by atoms with van der Waals surface area (Å²) in [6.45, 7) is 3.51. The first-order valence-electron chi connectivity index (χ1n) is 7.29. The number of carbonyl (C=O) groups excluding carboxylic acids is 1. The van der Waals surface area contributed by atoms with Gasteiger partial charge in [-0.25, -0.2) is 9.97 Å². The van der Waals surface area contributed by atoms with E-state index in [1.165, 1.54) is 12.1 Å². The summed E-state index contributed by atoms with van der Waals surface area (Å²) in [6.07, 6.45) is 0.0184. The Balaban J connectivity index is 1.99. The van der Waals surface area contributed by atoms with Gasteiger partial charge in [0.25, 0.3) is 0 Å². The number of hydrogen-bond acceptors (Lipinski definition) is 3. The summed E-state index contributed by atoms with van der Waals surface area (Å²) in [6, 6.07) is 6.40. The molecule has 128 valence electrons. The minimum atomic E-state index is -4.39. The van der Waals surface area contributed by atoms with Crippen LogP contribution in [0.5, 0.6) is 0 Å². The molecule has 8 heteroatoms. The molecule has 1 aromatic carbocycles. The quantitative estimate of drug-likeness (QED) is 0.738. The summed E-state index contributed by atoms with van der Waals surface area (Å²) in [7, 11) is 0. The van der Waals surface area contributed by atoms with Crippen LogP contribution in [0.3, 0.4) is 0 Å². The minimum Gasteiger partial charge on any atom is -0.345 e. The van der Waals surface area contributed by atoms with Crippen LogP contribution in [0.25, 0.3) is 16.9 Å². The van der Waals surface area contributed by atoms with Gasteiger partial charge in [-0.3, -0.25) is 9.20 Å². The van der Waals surface area contributed by atoms with E-state index in [4.69, 9.17) is 0 Å². The maximum atomic E-state index is 12.7. The number of aromatic nitrogens is 3. The molecule has 0 aliphatic carbocycles. The fraction of sp³-hybridized carbons (Fsp3) is 0.118. The summed E-state index contributed by atoms with van der Waals surface area (Å²) in [5, 5.41) is 2.62. The molecule has 0 bridgehead atoms. The molecule has 3 aromatic rings. The second kappa shape index (κ2) is 6.39. The van der Waals surface area contributed by atoms with Crippen molar-refractivity contribution in [1.82, 2.24) is 19.7 Å². The van der Waals surface area contributed by atoms with E-state index in [0.717, 1.165) is 18.2 Å². The fourth-order valence-electron chi connectivity index (χ4n) is 2.33. The van der Waals surface area contributed by atoms with Crippen molar-refractivity contribution >= 4 is 11.6 Å². The number of amides is 1. The molecule has 0 aliphatic heterocycles. The van der Waals surface area contributed by atoms with Crippen molar-refractivity contribution in [2.75, 3.05) is 0 Å². The Kier molecular flexibility index (Phi) is 4.26. The Morgan fingerprint density at radius 3 is 2.64 bits per heavy atom. The number of benzene rings is 1. The average molecular weight is 346 g/mol. The van der Waals surface area contributed by atoms with Crippen LogP contribution in [0, 0.1) is 0 Å². The second-order valence-electron chi connectivity index (χ2n) is 5.21. The van der Waals surface area contributed by atoms with Crippen LogP contribution in [0.2, 0.25) is 0 Å². The highest BCUT2D eigenvalue weighted by molar-refractivity contribution is 5.86. The maximum Gasteiger partial charge on any atom is 0.416 e. The van der Waals surface area contributed by atoms with Gasteiger partial charge in [0.15, 0.2) is 0 Å². The van der Waals surface area contributed by atoms with Crippen molar-refractivity contribution < 1.29 is 18.0 Å². The first-order valence-corrected chi connectivity index (χ1v) is 7.29. The van der Waals surface area contributed by atoms with Crippen molar-refractivity contribution in [1.29, 1.82) is 0 Å². The van der Waals surface area contributed by atoms with Crippen LogP contribution in [0.4, 0.5) is 13.2 Å². The summed E-state index contributed by atoms with van der Waals surface area (Å²) < 4.78 is 39.7. The maximum absolute atomic E-state index is 12.7. The third-order valence-corrected chi connectivity index (χ3v) is 3.58. The number of fused-ring (bicyclic) bond motifs is 1. The lowest BCUT2D eigenvalue weighted by Gasteiger charge is -2.10. The number of nitrogens with zero attached hydrogens (tertiary/aromatic N) is 3. The van der Waals surface area contributed by atoms with Crippen LogP contribution in [0.1, 0.15) is 11.4 Å². The number of nitrogens with one attached hydrogen (secondary N) is 1. The van der Waals surface area contributed by atoms with Gasteiger partial charge in [-0.1, -0.05) is 18.7 Å². The molecule has 2 heterocycles. The van der Waals surface area contributed by atoms with E-state index in [1.54, 1.807) is 22.9 Å². The molecular weight excluding hydrogens is 333 g/mol. The Bertz CT molecular complexity index is 929. The summed E-state index contributed by atoms with van der Waals surface area (Å²) in [4.78, 5) is 20.0. The van der Waals surface area contributed by atoms with Gasteiger partial charge >= 0.3 is 6.18 Å². The molecule has 25 heavy (non-hydrogen) atoms. The molecule has 2 aromatic heterocycles. The van der Waals surface area contributed by atoms with E-state index >= 15 is 0 Å². The van der Waals surface area contributed by atoms with Gasteiger partial charge in [-0.2, -0.15) is 13.2 Å². The lowest BCUT2D eigenvalue weighted by atomic mass is 10.1. The van der Waals surface area contributed by atoms with E-state index < -0.39 is 11.7 Å². The second-order valence-corrected chi connectivity index (χ2v) is 5.21. The SMILES string of the molecule is C=CC(=O)NCc1nc(-c2ccc(C(F)(F)F)cc2)cc2nccn12. The van der Waals surface area contributed by atoms with E-state index in [0.29, 0.717) is 22.7 Å². The minimum absolute atomic E-state index is 0.131. The monoisotopic (exact) mass is 346 g/mol. The molecule has 3 rings (SSSR count). The Morgan fingerprint density at radius 2 is 2.00 bits per heavy atom. The largest absolute Gasteiger partial charge is 0.416 e. The molecule has 5 nitrogen and oxygen atoms in total. The van der Waals surface area contributed by atoms with Crippen molar-refractivity contribution in [2.45, 2.75) is 12.7 Å². The highest BCUT2D eigenvalue weighted by Gasteiger charge is 2.30. The first kappa shape index (κ1) is 16.7. The van der Waals surface area contributed by atoms with Gasteiger partial charge < -0.3 is 5.32 Å². The molecule has 0 fully saturated rings. The number of halogens is 3. The smallest absolute Gasteiger partial charge is 0.345 e. The zero-order chi connectivity index (χ0) is 18.0. The number of hydrogen-bond donors (Lipinski definition) is 1. The third-order valence-electron chi connectivity index (χ3n) is 3.58. The molecule has 0 saturated heterocycles. The molecule has 1 amide bonds. The van der Waals surface area contributed by atoms with Crippen LogP contribution < -0.4 is 5.32 Å². The average Bonchev–Trinajstić information content (AvgIpc) is 3.07. The van der Waals surface area contributed by atoms with Crippen LogP contribution in [-0.4, -0.2) is 20.3 Å². The zero-order valence-corrected chi connectivity index (χ0v) is 12.9. The fourth-order valence-corrected chi connectivity index (χ4v) is 2.33. The van der Waals surface area contributed by atoms with Crippen molar-refractivity contribution in [3.05, 3.63) is 66.8 Å². The van der Waals surface area contributed by atoms with Gasteiger partial charge in [-0.05, 0) is 18.2 Å². The van der Waals surface area contributed by atoms with Crippen LogP contribution in [0.15, 0.2) is 55.4 Å². The van der Waals surface area contributed by atoms with E-state index in [2.05, 4.69) is 21.9 Å². The van der Waals surface area contributed by atoms with Gasteiger partial charge in [0.2, 0.25) is 5.91 Å². The predicted molar refractivity (Wildman–Crippen MR) is 85.5 cm³/mol. The standard InChI is InChI=1S/C17H13F3N4O/c1-2-16(25)22-10-15-23-13(9-14-21-7-8-24(14)15)11-3-5-12(6-4-11)17(18,19)20/h2-9H,1,10H2,(H,22,25). The van der Waals surface area contributed by atoms with E-state index in [-0.39, 0.29) is 12.5 Å². The molecule has 0 saturated carbocycles. The van der Waals surface area contributed by atoms with Crippen molar-refractivity contribution in [2.24, 2.45) is 0 Å². The lowest BCUT2D eigenvalue weighted by Crippen LogP contribution is -2.22. The van der Waals surface area contributed by atoms with Crippen LogP contribution in [-0.2, 0) is 17.5 Å². The van der Waals surface area contributed by atoms with Gasteiger partial charge in [0, 0.05) is 24.0 Å². The molecule has 0 unspecified atom stereocenters. The lowest BCUT2D eigenvalue weighted by molar-refractivity contribution is -0.137. The molecule has 1 N–H and O–H groups in total. The molecule has 0 aliphatic rings. The van der Waals surface area contributed by atoms with Gasteiger partial charge in [0.05, 0.1) is 17.8 Å². The molecule has 0 spiro atoms. The number of rotatable bonds is 4. The van der Waals surface area contributed by atoms with E-state index in [1.807, 2.05) is 0 Å². The highest BCUT2D eigenvalue weighted by atomic mass is 19.4. The molecule has 0 radical (unpaired) electrons. The van der Waals surface area contributed by atoms with Crippen molar-refractivity contribution in [3.63, 3.8) is 0 Å². The van der Waals surface area contributed by atoms with Gasteiger partial charge in [0.1, 0.15) is 11.5 Å². The number of alkyl halides is 3. The summed E-state index contributed by atoms with van der Waals surface area (Å²) in [5.41, 5.74) is 0.842. The van der Waals surface area contributed by atoms with E-state index in [9.17, 15) is 18.0 Å². The first-order chi connectivity index (χ1) is 11.9. The number of carbonyl (C=O) groups is 1. The summed E-state index contributed by atoms with van der Waals surface area (Å²) >= 11 is 0. The Labute approximate surface area is 140 Å². The zero-order valence-electron chi connectivity index (χ0n) is 12.9. The number of imidazole rings is 1. The Morgan fingerprint density at radius 1 is 1.28 bits per heavy atom.